The molecule has 76 valence electrons. The molecule has 0 spiro atoms. The topological polar surface area (TPSA) is 54.0 Å². The smallest absolute Gasteiger partial charge is 0.430 e. The van der Waals surface area contributed by atoms with Gasteiger partial charge in [0.2, 0.25) is 0 Å². The molecule has 1 aliphatic heterocycles. The maximum Gasteiger partial charge on any atom is 0.508 e. The molecule has 0 aliphatic carbocycles. The summed E-state index contributed by atoms with van der Waals surface area (Å²) in [5, 5.41) is 0. The fourth-order valence-corrected chi connectivity index (χ4v) is 1.13. The van der Waals surface area contributed by atoms with Crippen LogP contribution in [0.1, 0.15) is 13.3 Å². The van der Waals surface area contributed by atoms with Crippen LogP contribution in [0.2, 0.25) is 0 Å². The van der Waals surface area contributed by atoms with E-state index in [2.05, 4.69) is 9.62 Å². The summed E-state index contributed by atoms with van der Waals surface area (Å²) in [6.45, 7) is 2.81. The average molecular weight is 190 g/mol. The zero-order chi connectivity index (χ0) is 9.68. The number of hydrogen-bond donors (Lipinski definition) is 0. The molecule has 1 fully saturated rings. The molecule has 5 heteroatoms. The third-order valence-electron chi connectivity index (χ3n) is 2.02. The first-order valence-electron chi connectivity index (χ1n) is 4.23. The third-order valence-corrected chi connectivity index (χ3v) is 2.02. The normalized spacial score (nSPS) is 23.8. The minimum absolute atomic E-state index is 0.145. The highest BCUT2D eigenvalue weighted by atomic mass is 17.2. The van der Waals surface area contributed by atoms with E-state index in [1.165, 1.54) is 7.11 Å². The number of carbonyl (C=O) groups is 1. The van der Waals surface area contributed by atoms with Crippen LogP contribution < -0.4 is 0 Å². The largest absolute Gasteiger partial charge is 0.508 e. The molecular formula is C8H14O5. The molecule has 13 heavy (non-hydrogen) atoms. The van der Waals surface area contributed by atoms with E-state index in [9.17, 15) is 4.79 Å². The summed E-state index contributed by atoms with van der Waals surface area (Å²) in [5.41, 5.74) is 0. The molecule has 0 amide bonds. The molecule has 1 rings (SSSR count). The minimum Gasteiger partial charge on any atom is -0.430 e. The Balaban J connectivity index is 2.15. The molecule has 0 aromatic rings. The minimum atomic E-state index is -0.579. The third kappa shape index (κ3) is 3.20. The van der Waals surface area contributed by atoms with E-state index < -0.39 is 6.16 Å². The van der Waals surface area contributed by atoms with Gasteiger partial charge in [-0.2, -0.15) is 0 Å². The van der Waals surface area contributed by atoms with Gasteiger partial charge >= 0.3 is 6.16 Å². The Bertz CT molecular complexity index is 170. The molecule has 1 aliphatic rings. The van der Waals surface area contributed by atoms with Crippen LogP contribution in [0.15, 0.2) is 0 Å². The highest BCUT2D eigenvalue weighted by molar-refractivity contribution is 5.61. The number of rotatable bonds is 5. The van der Waals surface area contributed by atoms with Crippen LogP contribution >= 0.6 is 0 Å². The lowest BCUT2D eigenvalue weighted by molar-refractivity contribution is -0.274. The van der Waals surface area contributed by atoms with Gasteiger partial charge in [0.25, 0.3) is 0 Å². The van der Waals surface area contributed by atoms with Crippen molar-refractivity contribution in [2.75, 3.05) is 20.3 Å². The van der Waals surface area contributed by atoms with Crippen LogP contribution in [0, 0.1) is 5.92 Å². The van der Waals surface area contributed by atoms with E-state index in [-0.39, 0.29) is 12.0 Å². The van der Waals surface area contributed by atoms with Crippen molar-refractivity contribution >= 4 is 6.16 Å². The fraction of sp³-hybridized carbons (Fsp3) is 0.875. The second kappa shape index (κ2) is 5.04. The molecular weight excluding hydrogens is 176 g/mol. The summed E-state index contributed by atoms with van der Waals surface area (Å²) in [4.78, 5) is 19.7. The molecule has 1 heterocycles. The van der Waals surface area contributed by atoms with Gasteiger partial charge in [0.15, 0.2) is 0 Å². The maximum absolute atomic E-state index is 10.6. The molecule has 2 unspecified atom stereocenters. The van der Waals surface area contributed by atoms with Crippen molar-refractivity contribution in [3.8, 4) is 0 Å². The standard InChI is InChI=1S/C8H14O5/c1-6(3-4-12-10-2)7-5-11-8(9)13-7/h6-7H,3-5H2,1-2H3. The molecule has 0 radical (unpaired) electrons. The second-order valence-corrected chi connectivity index (χ2v) is 2.97. The van der Waals surface area contributed by atoms with Crippen molar-refractivity contribution in [3.05, 3.63) is 0 Å². The van der Waals surface area contributed by atoms with Gasteiger partial charge in [-0.3, -0.25) is 0 Å². The van der Waals surface area contributed by atoms with E-state index in [1.54, 1.807) is 0 Å². The lowest BCUT2D eigenvalue weighted by Crippen LogP contribution is -2.21. The molecule has 5 nitrogen and oxygen atoms in total. The second-order valence-electron chi connectivity index (χ2n) is 2.97. The van der Waals surface area contributed by atoms with E-state index in [0.717, 1.165) is 6.42 Å². The monoisotopic (exact) mass is 190 g/mol. The quantitative estimate of drug-likeness (QED) is 0.281. The van der Waals surface area contributed by atoms with Gasteiger partial charge in [0.05, 0.1) is 13.7 Å². The van der Waals surface area contributed by atoms with Gasteiger partial charge in [-0.25, -0.2) is 14.6 Å². The van der Waals surface area contributed by atoms with Crippen LogP contribution in [-0.2, 0) is 19.2 Å². The van der Waals surface area contributed by atoms with Gasteiger partial charge in [-0.15, -0.1) is 0 Å². The van der Waals surface area contributed by atoms with Gasteiger partial charge in [0.1, 0.15) is 12.7 Å². The summed E-state index contributed by atoms with van der Waals surface area (Å²) < 4.78 is 9.56. The van der Waals surface area contributed by atoms with Crippen molar-refractivity contribution in [3.63, 3.8) is 0 Å². The first kappa shape index (κ1) is 10.3. The summed E-state index contributed by atoms with van der Waals surface area (Å²) >= 11 is 0. The van der Waals surface area contributed by atoms with Gasteiger partial charge < -0.3 is 9.47 Å². The Labute approximate surface area is 76.8 Å². The Morgan fingerprint density at radius 3 is 3.00 bits per heavy atom. The number of hydrogen-bond acceptors (Lipinski definition) is 5. The van der Waals surface area contributed by atoms with Gasteiger partial charge in [0, 0.05) is 0 Å². The van der Waals surface area contributed by atoms with E-state index >= 15 is 0 Å². The summed E-state index contributed by atoms with van der Waals surface area (Å²) in [7, 11) is 1.46. The number of carbonyl (C=O) groups excluding carboxylic acids is 1. The highest BCUT2D eigenvalue weighted by Crippen LogP contribution is 2.18. The van der Waals surface area contributed by atoms with E-state index in [0.29, 0.717) is 13.2 Å². The zero-order valence-corrected chi connectivity index (χ0v) is 7.82. The maximum atomic E-state index is 10.6. The average Bonchev–Trinajstić information content (AvgIpc) is 2.52. The molecule has 0 aromatic heterocycles. The number of cyclic esters (lactones) is 2. The van der Waals surface area contributed by atoms with Crippen molar-refractivity contribution in [1.29, 1.82) is 0 Å². The fourth-order valence-electron chi connectivity index (χ4n) is 1.13. The molecule has 1 saturated heterocycles. The Hall–Kier alpha value is -0.810. The Morgan fingerprint density at radius 2 is 2.46 bits per heavy atom. The van der Waals surface area contributed by atoms with Gasteiger partial charge in [-0.05, 0) is 12.3 Å². The Morgan fingerprint density at radius 1 is 1.69 bits per heavy atom. The van der Waals surface area contributed by atoms with Crippen LogP contribution in [0.5, 0.6) is 0 Å². The van der Waals surface area contributed by atoms with Crippen LogP contribution in [0.25, 0.3) is 0 Å². The molecule has 0 N–H and O–H groups in total. The van der Waals surface area contributed by atoms with Crippen molar-refractivity contribution in [2.45, 2.75) is 19.4 Å². The van der Waals surface area contributed by atoms with Crippen molar-refractivity contribution < 1.29 is 24.0 Å². The van der Waals surface area contributed by atoms with Crippen LogP contribution in [0.3, 0.4) is 0 Å². The summed E-state index contributed by atoms with van der Waals surface area (Å²) in [5.74, 6) is 0.224. The molecule has 0 saturated carbocycles. The zero-order valence-electron chi connectivity index (χ0n) is 7.82. The highest BCUT2D eigenvalue weighted by Gasteiger charge is 2.29. The first-order valence-corrected chi connectivity index (χ1v) is 4.23. The van der Waals surface area contributed by atoms with Crippen LogP contribution in [0.4, 0.5) is 4.79 Å². The summed E-state index contributed by atoms with van der Waals surface area (Å²) in [6, 6.07) is 0. The predicted molar refractivity (Wildman–Crippen MR) is 43.0 cm³/mol. The van der Waals surface area contributed by atoms with Crippen LogP contribution in [-0.4, -0.2) is 32.6 Å². The first-order chi connectivity index (χ1) is 6.24. The Kier molecular flexibility index (Phi) is 3.98. The lowest BCUT2D eigenvalue weighted by Gasteiger charge is -2.14. The molecule has 2 atom stereocenters. The predicted octanol–water partition coefficient (Wildman–Crippen LogP) is 1.13. The van der Waals surface area contributed by atoms with Gasteiger partial charge in [-0.1, -0.05) is 6.92 Å². The van der Waals surface area contributed by atoms with Crippen molar-refractivity contribution in [1.82, 2.24) is 0 Å². The van der Waals surface area contributed by atoms with E-state index in [4.69, 9.17) is 9.62 Å². The van der Waals surface area contributed by atoms with Crippen molar-refractivity contribution in [2.24, 2.45) is 5.92 Å². The SMILES string of the molecule is COOCCC(C)C1COC(=O)O1. The molecule has 0 bridgehead atoms. The summed E-state index contributed by atoms with van der Waals surface area (Å²) in [6.07, 6.45) is 0.0484. The lowest BCUT2D eigenvalue weighted by atomic mass is 10.0. The molecule has 0 aromatic carbocycles. The van der Waals surface area contributed by atoms with E-state index in [1.807, 2.05) is 6.92 Å². The number of ether oxygens (including phenoxy) is 2.